The Morgan fingerprint density at radius 2 is 1.82 bits per heavy atom. The standard InChI is InChI=1S/C20H24FN5O2/c1-25-9-11-26(12-10-25)19-15(5-4-8-22-19)13-23-18(27)14-24-20(28)16-6-2-3-7-17(16)21/h2-8H,9-14H2,1H3,(H,23,27)(H,24,28). The van der Waals surface area contributed by atoms with Crippen LogP contribution in [0.15, 0.2) is 42.6 Å². The third-order valence-electron chi connectivity index (χ3n) is 4.67. The SMILES string of the molecule is CN1CCN(c2ncccc2CNC(=O)CNC(=O)c2ccccc2F)CC1. The minimum absolute atomic E-state index is 0.0834. The molecule has 0 saturated carbocycles. The predicted octanol–water partition coefficient (Wildman–Crippen LogP) is 1.02. The molecule has 148 valence electrons. The number of carbonyl (C=O) groups is 2. The number of nitrogens with one attached hydrogen (secondary N) is 2. The van der Waals surface area contributed by atoms with E-state index in [0.717, 1.165) is 37.6 Å². The maximum absolute atomic E-state index is 13.6. The first-order valence-corrected chi connectivity index (χ1v) is 9.21. The summed E-state index contributed by atoms with van der Waals surface area (Å²) < 4.78 is 13.6. The molecule has 0 spiro atoms. The second kappa shape index (κ2) is 9.27. The Bertz CT molecular complexity index is 837. The Kier molecular flexibility index (Phi) is 6.54. The van der Waals surface area contributed by atoms with Gasteiger partial charge in [0.2, 0.25) is 5.91 Å². The molecule has 2 amide bonds. The normalized spacial score (nSPS) is 14.6. The third kappa shape index (κ3) is 5.04. The van der Waals surface area contributed by atoms with Gasteiger partial charge in [0.15, 0.2) is 0 Å². The highest BCUT2D eigenvalue weighted by atomic mass is 19.1. The highest BCUT2D eigenvalue weighted by Crippen LogP contribution is 2.18. The second-order valence-electron chi connectivity index (χ2n) is 6.72. The number of pyridine rings is 1. The predicted molar refractivity (Wildman–Crippen MR) is 105 cm³/mol. The molecule has 0 radical (unpaired) electrons. The number of aromatic nitrogens is 1. The van der Waals surface area contributed by atoms with E-state index < -0.39 is 11.7 Å². The van der Waals surface area contributed by atoms with Crippen molar-refractivity contribution < 1.29 is 14.0 Å². The van der Waals surface area contributed by atoms with Crippen LogP contribution in [0.5, 0.6) is 0 Å². The van der Waals surface area contributed by atoms with Crippen molar-refractivity contribution in [3.63, 3.8) is 0 Å². The van der Waals surface area contributed by atoms with Crippen LogP contribution in [0.25, 0.3) is 0 Å². The van der Waals surface area contributed by atoms with E-state index >= 15 is 0 Å². The van der Waals surface area contributed by atoms with Crippen LogP contribution in [0.3, 0.4) is 0 Å². The number of piperazine rings is 1. The van der Waals surface area contributed by atoms with Crippen molar-refractivity contribution >= 4 is 17.6 Å². The molecule has 1 aliphatic heterocycles. The first-order chi connectivity index (χ1) is 13.5. The first-order valence-electron chi connectivity index (χ1n) is 9.21. The van der Waals surface area contributed by atoms with Gasteiger partial charge in [-0.05, 0) is 25.2 Å². The largest absolute Gasteiger partial charge is 0.354 e. The summed E-state index contributed by atoms with van der Waals surface area (Å²) in [7, 11) is 2.09. The van der Waals surface area contributed by atoms with Crippen LogP contribution < -0.4 is 15.5 Å². The number of rotatable bonds is 6. The summed E-state index contributed by atoms with van der Waals surface area (Å²) in [5.41, 5.74) is 0.834. The van der Waals surface area contributed by atoms with E-state index in [2.05, 4.69) is 32.5 Å². The van der Waals surface area contributed by atoms with Gasteiger partial charge in [0, 0.05) is 44.5 Å². The Morgan fingerprint density at radius 1 is 1.07 bits per heavy atom. The molecule has 0 aliphatic carbocycles. The fourth-order valence-corrected chi connectivity index (χ4v) is 3.03. The molecule has 8 heteroatoms. The molecule has 1 fully saturated rings. The smallest absolute Gasteiger partial charge is 0.254 e. The molecule has 1 aromatic heterocycles. The number of anilines is 1. The molecule has 2 aromatic rings. The fraction of sp³-hybridized carbons (Fsp3) is 0.350. The van der Waals surface area contributed by atoms with Crippen molar-refractivity contribution in [2.45, 2.75) is 6.54 Å². The molecular formula is C20H24FN5O2. The Morgan fingerprint density at radius 3 is 2.57 bits per heavy atom. The lowest BCUT2D eigenvalue weighted by Gasteiger charge is -2.34. The van der Waals surface area contributed by atoms with E-state index in [1.807, 2.05) is 12.1 Å². The average molecular weight is 385 g/mol. The molecule has 7 nitrogen and oxygen atoms in total. The van der Waals surface area contributed by atoms with Gasteiger partial charge >= 0.3 is 0 Å². The summed E-state index contributed by atoms with van der Waals surface area (Å²) in [6, 6.07) is 9.42. The number of benzene rings is 1. The molecule has 1 saturated heterocycles. The van der Waals surface area contributed by atoms with Crippen molar-refractivity contribution in [2.75, 3.05) is 44.7 Å². The number of nitrogens with zero attached hydrogens (tertiary/aromatic N) is 3. The van der Waals surface area contributed by atoms with Crippen molar-refractivity contribution in [2.24, 2.45) is 0 Å². The van der Waals surface area contributed by atoms with Crippen LogP contribution in [-0.2, 0) is 11.3 Å². The van der Waals surface area contributed by atoms with Crippen molar-refractivity contribution in [3.05, 3.63) is 59.5 Å². The van der Waals surface area contributed by atoms with Crippen molar-refractivity contribution in [1.82, 2.24) is 20.5 Å². The molecule has 0 bridgehead atoms. The molecule has 3 rings (SSSR count). The topological polar surface area (TPSA) is 77.6 Å². The second-order valence-corrected chi connectivity index (χ2v) is 6.72. The van der Waals surface area contributed by atoms with Gasteiger partial charge in [0.1, 0.15) is 11.6 Å². The van der Waals surface area contributed by atoms with E-state index in [0.29, 0.717) is 6.54 Å². The maximum atomic E-state index is 13.6. The van der Waals surface area contributed by atoms with Crippen molar-refractivity contribution in [1.29, 1.82) is 0 Å². The van der Waals surface area contributed by atoms with E-state index in [1.54, 1.807) is 12.3 Å². The zero-order valence-corrected chi connectivity index (χ0v) is 15.8. The molecule has 1 aliphatic rings. The summed E-state index contributed by atoms with van der Waals surface area (Å²) in [6.45, 7) is 3.77. The summed E-state index contributed by atoms with van der Waals surface area (Å²) in [5, 5.41) is 5.22. The highest BCUT2D eigenvalue weighted by Gasteiger charge is 2.18. The lowest BCUT2D eigenvalue weighted by Crippen LogP contribution is -2.45. The molecule has 0 atom stereocenters. The van der Waals surface area contributed by atoms with Crippen LogP contribution >= 0.6 is 0 Å². The zero-order valence-electron chi connectivity index (χ0n) is 15.8. The maximum Gasteiger partial charge on any atom is 0.254 e. The van der Waals surface area contributed by atoms with Gasteiger partial charge in [-0.15, -0.1) is 0 Å². The van der Waals surface area contributed by atoms with Crippen LogP contribution in [0.4, 0.5) is 10.2 Å². The van der Waals surface area contributed by atoms with Gasteiger partial charge in [-0.25, -0.2) is 9.37 Å². The minimum atomic E-state index is -0.618. The first kappa shape index (κ1) is 19.8. The Balaban J connectivity index is 1.52. The van der Waals surface area contributed by atoms with Crippen LogP contribution in [0.2, 0.25) is 0 Å². The third-order valence-corrected chi connectivity index (χ3v) is 4.67. The van der Waals surface area contributed by atoms with Crippen molar-refractivity contribution in [3.8, 4) is 0 Å². The lowest BCUT2D eigenvalue weighted by molar-refractivity contribution is -0.120. The van der Waals surface area contributed by atoms with E-state index in [4.69, 9.17) is 0 Å². The molecule has 0 unspecified atom stereocenters. The zero-order chi connectivity index (χ0) is 19.9. The van der Waals surface area contributed by atoms with Crippen LogP contribution in [0.1, 0.15) is 15.9 Å². The van der Waals surface area contributed by atoms with Gasteiger partial charge in [-0.1, -0.05) is 18.2 Å². The van der Waals surface area contributed by atoms with Gasteiger partial charge in [0.05, 0.1) is 12.1 Å². The number of amides is 2. The van der Waals surface area contributed by atoms with Crippen LogP contribution in [0, 0.1) is 5.82 Å². The number of hydrogen-bond acceptors (Lipinski definition) is 5. The Labute approximate surface area is 163 Å². The average Bonchev–Trinajstić information content (AvgIpc) is 2.71. The Hall–Kier alpha value is -3.00. The summed E-state index contributed by atoms with van der Waals surface area (Å²) in [4.78, 5) is 33.0. The molecule has 2 heterocycles. The minimum Gasteiger partial charge on any atom is -0.354 e. The summed E-state index contributed by atoms with van der Waals surface area (Å²) >= 11 is 0. The number of hydrogen-bond donors (Lipinski definition) is 2. The number of likely N-dealkylation sites (N-methyl/N-ethyl adjacent to an activating group) is 1. The van der Waals surface area contributed by atoms with E-state index in [9.17, 15) is 14.0 Å². The fourth-order valence-electron chi connectivity index (χ4n) is 3.03. The van der Waals surface area contributed by atoms with Gasteiger partial charge in [-0.3, -0.25) is 9.59 Å². The molecule has 28 heavy (non-hydrogen) atoms. The van der Waals surface area contributed by atoms with Crippen LogP contribution in [-0.4, -0.2) is 61.5 Å². The number of halogens is 1. The summed E-state index contributed by atoms with van der Waals surface area (Å²) in [6.07, 6.45) is 1.74. The summed E-state index contributed by atoms with van der Waals surface area (Å²) in [5.74, 6) is -0.718. The molecular weight excluding hydrogens is 361 g/mol. The van der Waals surface area contributed by atoms with Gasteiger partial charge in [0.25, 0.3) is 5.91 Å². The van der Waals surface area contributed by atoms with E-state index in [1.165, 1.54) is 18.2 Å². The highest BCUT2D eigenvalue weighted by molar-refractivity contribution is 5.96. The van der Waals surface area contributed by atoms with Gasteiger partial charge < -0.3 is 20.4 Å². The van der Waals surface area contributed by atoms with Gasteiger partial charge in [-0.2, -0.15) is 0 Å². The number of carbonyl (C=O) groups excluding carboxylic acids is 2. The molecule has 2 N–H and O–H groups in total. The molecule has 1 aromatic carbocycles. The lowest BCUT2D eigenvalue weighted by atomic mass is 10.2. The van der Waals surface area contributed by atoms with E-state index in [-0.39, 0.29) is 18.0 Å². The quantitative estimate of drug-likeness (QED) is 0.776. The monoisotopic (exact) mass is 385 g/mol.